The fourth-order valence-corrected chi connectivity index (χ4v) is 2.42. The smallest absolute Gasteiger partial charge is 0.109 e. The number of imidazole rings is 1. The number of aromatic amines is 1. The van der Waals surface area contributed by atoms with Crippen LogP contribution in [0.5, 0.6) is 0 Å². The summed E-state index contributed by atoms with van der Waals surface area (Å²) in [5, 5.41) is 0. The largest absolute Gasteiger partial charge is 0.342 e. The van der Waals surface area contributed by atoms with Gasteiger partial charge in [0.05, 0.1) is 11.9 Å². The van der Waals surface area contributed by atoms with Crippen molar-refractivity contribution in [2.24, 2.45) is 0 Å². The van der Waals surface area contributed by atoms with Crippen LogP contribution in [0.25, 0.3) is 11.3 Å². The Balaban J connectivity index is 1.87. The molecular weight excluding hydrogens is 198 g/mol. The average molecular weight is 213 g/mol. The van der Waals surface area contributed by atoms with Crippen molar-refractivity contribution >= 4 is 0 Å². The molecule has 1 aliphatic carbocycles. The van der Waals surface area contributed by atoms with Gasteiger partial charge in [0.15, 0.2) is 0 Å². The molecule has 3 heteroatoms. The predicted octanol–water partition coefficient (Wildman–Crippen LogP) is 3.13. The fourth-order valence-electron chi connectivity index (χ4n) is 2.42. The van der Waals surface area contributed by atoms with Crippen LogP contribution in [0.15, 0.2) is 30.7 Å². The van der Waals surface area contributed by atoms with E-state index in [1.165, 1.54) is 25.7 Å². The van der Waals surface area contributed by atoms with Crippen LogP contribution in [0.2, 0.25) is 0 Å². The standard InChI is InChI=1S/C13H15N3/c1-2-4-11(3-1)13-15-9-12(16-13)10-5-7-14-8-6-10/h5-9,11H,1-4H2,(H,15,16). The van der Waals surface area contributed by atoms with Gasteiger partial charge in [-0.3, -0.25) is 4.98 Å². The summed E-state index contributed by atoms with van der Waals surface area (Å²) in [7, 11) is 0. The number of nitrogens with one attached hydrogen (secondary N) is 1. The Kier molecular flexibility index (Phi) is 2.44. The second-order valence-electron chi connectivity index (χ2n) is 4.40. The van der Waals surface area contributed by atoms with Crippen LogP contribution in [0.4, 0.5) is 0 Å². The molecule has 0 spiro atoms. The van der Waals surface area contributed by atoms with Crippen LogP contribution in [-0.2, 0) is 0 Å². The van der Waals surface area contributed by atoms with E-state index in [-0.39, 0.29) is 0 Å². The van der Waals surface area contributed by atoms with Gasteiger partial charge in [-0.05, 0) is 25.0 Å². The highest BCUT2D eigenvalue weighted by molar-refractivity contribution is 5.57. The molecule has 0 unspecified atom stereocenters. The zero-order valence-electron chi connectivity index (χ0n) is 9.19. The van der Waals surface area contributed by atoms with Crippen molar-refractivity contribution in [2.45, 2.75) is 31.6 Å². The van der Waals surface area contributed by atoms with Crippen LogP contribution in [0.3, 0.4) is 0 Å². The second-order valence-corrected chi connectivity index (χ2v) is 4.40. The Hall–Kier alpha value is -1.64. The summed E-state index contributed by atoms with van der Waals surface area (Å²) in [4.78, 5) is 12.0. The topological polar surface area (TPSA) is 41.6 Å². The summed E-state index contributed by atoms with van der Waals surface area (Å²) < 4.78 is 0. The summed E-state index contributed by atoms with van der Waals surface area (Å²) in [5.41, 5.74) is 2.26. The SMILES string of the molecule is c1cc(-c2cnc(C3CCCC3)[nH]2)ccn1. The molecule has 3 nitrogen and oxygen atoms in total. The van der Waals surface area contributed by atoms with Gasteiger partial charge in [0.1, 0.15) is 5.82 Å². The molecule has 0 amide bonds. The number of hydrogen-bond acceptors (Lipinski definition) is 2. The monoisotopic (exact) mass is 213 g/mol. The minimum Gasteiger partial charge on any atom is -0.342 e. The normalized spacial score (nSPS) is 16.8. The predicted molar refractivity (Wildman–Crippen MR) is 63.0 cm³/mol. The fraction of sp³-hybridized carbons (Fsp3) is 0.385. The number of pyridine rings is 1. The van der Waals surface area contributed by atoms with Gasteiger partial charge in [-0.15, -0.1) is 0 Å². The Bertz CT molecular complexity index is 455. The van der Waals surface area contributed by atoms with Crippen molar-refractivity contribution in [2.75, 3.05) is 0 Å². The van der Waals surface area contributed by atoms with Gasteiger partial charge in [0.25, 0.3) is 0 Å². The first-order valence-corrected chi connectivity index (χ1v) is 5.89. The molecule has 2 heterocycles. The first kappa shape index (κ1) is 9.58. The second kappa shape index (κ2) is 4.08. The number of aromatic nitrogens is 3. The maximum atomic E-state index is 4.50. The maximum Gasteiger partial charge on any atom is 0.109 e. The number of nitrogens with zero attached hydrogens (tertiary/aromatic N) is 2. The molecule has 16 heavy (non-hydrogen) atoms. The molecule has 2 aromatic rings. The number of hydrogen-bond donors (Lipinski definition) is 1. The van der Waals surface area contributed by atoms with E-state index in [1.807, 2.05) is 30.7 Å². The molecule has 1 fully saturated rings. The minimum atomic E-state index is 0.649. The van der Waals surface area contributed by atoms with Crippen LogP contribution < -0.4 is 0 Å². The van der Waals surface area contributed by atoms with Crippen LogP contribution >= 0.6 is 0 Å². The molecule has 0 radical (unpaired) electrons. The lowest BCUT2D eigenvalue weighted by atomic mass is 10.1. The van der Waals surface area contributed by atoms with E-state index < -0.39 is 0 Å². The van der Waals surface area contributed by atoms with Crippen LogP contribution in [-0.4, -0.2) is 15.0 Å². The van der Waals surface area contributed by atoms with Gasteiger partial charge < -0.3 is 4.98 Å². The summed E-state index contributed by atoms with van der Waals surface area (Å²) >= 11 is 0. The van der Waals surface area contributed by atoms with Gasteiger partial charge in [0, 0.05) is 23.9 Å². The third-order valence-corrected chi connectivity index (χ3v) is 3.33. The summed E-state index contributed by atoms with van der Waals surface area (Å²) in [6.07, 6.45) is 10.8. The van der Waals surface area contributed by atoms with E-state index in [4.69, 9.17) is 0 Å². The van der Waals surface area contributed by atoms with Gasteiger partial charge >= 0.3 is 0 Å². The lowest BCUT2D eigenvalue weighted by Gasteiger charge is -2.03. The zero-order valence-corrected chi connectivity index (χ0v) is 9.19. The molecule has 0 bridgehead atoms. The molecular formula is C13H15N3. The zero-order chi connectivity index (χ0) is 10.8. The Morgan fingerprint density at radius 2 is 1.88 bits per heavy atom. The van der Waals surface area contributed by atoms with Crippen molar-refractivity contribution in [1.82, 2.24) is 15.0 Å². The highest BCUT2D eigenvalue weighted by Gasteiger charge is 2.19. The quantitative estimate of drug-likeness (QED) is 0.832. The first-order valence-electron chi connectivity index (χ1n) is 5.89. The lowest BCUT2D eigenvalue weighted by molar-refractivity contribution is 0.679. The van der Waals surface area contributed by atoms with E-state index in [0.29, 0.717) is 5.92 Å². The highest BCUT2D eigenvalue weighted by atomic mass is 14.9. The van der Waals surface area contributed by atoms with E-state index in [9.17, 15) is 0 Å². The molecule has 1 aliphatic rings. The van der Waals surface area contributed by atoms with Gasteiger partial charge in [-0.1, -0.05) is 12.8 Å². The van der Waals surface area contributed by atoms with Gasteiger partial charge in [-0.2, -0.15) is 0 Å². The number of rotatable bonds is 2. The molecule has 1 saturated carbocycles. The average Bonchev–Trinajstić information content (AvgIpc) is 3.01. The molecule has 82 valence electrons. The third-order valence-electron chi connectivity index (χ3n) is 3.33. The Morgan fingerprint density at radius 3 is 2.62 bits per heavy atom. The van der Waals surface area contributed by atoms with Crippen molar-refractivity contribution < 1.29 is 0 Å². The molecule has 1 N–H and O–H groups in total. The van der Waals surface area contributed by atoms with Crippen molar-refractivity contribution in [3.63, 3.8) is 0 Å². The summed E-state index contributed by atoms with van der Waals surface area (Å²) in [6, 6.07) is 4.01. The third kappa shape index (κ3) is 1.73. The molecule has 0 saturated heterocycles. The van der Waals surface area contributed by atoms with Gasteiger partial charge in [-0.25, -0.2) is 4.98 Å². The van der Waals surface area contributed by atoms with Crippen molar-refractivity contribution in [3.05, 3.63) is 36.5 Å². The Labute approximate surface area is 95.0 Å². The van der Waals surface area contributed by atoms with E-state index in [0.717, 1.165) is 17.1 Å². The molecule has 0 atom stereocenters. The van der Waals surface area contributed by atoms with Crippen LogP contribution in [0.1, 0.15) is 37.4 Å². The van der Waals surface area contributed by atoms with Crippen molar-refractivity contribution in [1.29, 1.82) is 0 Å². The minimum absolute atomic E-state index is 0.649. The summed E-state index contributed by atoms with van der Waals surface area (Å²) in [5.74, 6) is 1.81. The highest BCUT2D eigenvalue weighted by Crippen LogP contribution is 2.33. The van der Waals surface area contributed by atoms with E-state index >= 15 is 0 Å². The maximum absolute atomic E-state index is 4.50. The Morgan fingerprint density at radius 1 is 1.12 bits per heavy atom. The summed E-state index contributed by atoms with van der Waals surface area (Å²) in [6.45, 7) is 0. The van der Waals surface area contributed by atoms with Gasteiger partial charge in [0.2, 0.25) is 0 Å². The molecule has 3 rings (SSSR count). The van der Waals surface area contributed by atoms with E-state index in [2.05, 4.69) is 15.0 Å². The molecule has 0 aromatic carbocycles. The lowest BCUT2D eigenvalue weighted by Crippen LogP contribution is -1.94. The van der Waals surface area contributed by atoms with Crippen LogP contribution in [0, 0.1) is 0 Å². The molecule has 2 aromatic heterocycles. The number of H-pyrrole nitrogens is 1. The first-order chi connectivity index (χ1) is 7.93. The van der Waals surface area contributed by atoms with E-state index in [1.54, 1.807) is 0 Å². The molecule has 0 aliphatic heterocycles. The van der Waals surface area contributed by atoms with Crippen molar-refractivity contribution in [3.8, 4) is 11.3 Å².